The van der Waals surface area contributed by atoms with Gasteiger partial charge in [-0.3, -0.25) is 4.79 Å². The number of aliphatic hydroxyl groups excluding tert-OH is 1. The number of hydrogen-bond donors (Lipinski definition) is 2. The number of aliphatic hydroxyl groups is 1. The average molecular weight is 243 g/mol. The summed E-state index contributed by atoms with van der Waals surface area (Å²) < 4.78 is 0. The number of allylic oxidation sites excluding steroid dienone is 2. The topological polar surface area (TPSA) is 49.3 Å². The van der Waals surface area contributed by atoms with E-state index >= 15 is 0 Å². The molecule has 1 rings (SSSR count). The van der Waals surface area contributed by atoms with Gasteiger partial charge >= 0.3 is 0 Å². The molecule has 0 saturated heterocycles. The van der Waals surface area contributed by atoms with E-state index in [9.17, 15) is 9.90 Å². The van der Waals surface area contributed by atoms with Crippen LogP contribution in [0.1, 0.15) is 25.7 Å². The van der Waals surface area contributed by atoms with Gasteiger partial charge in [-0.2, -0.15) is 11.8 Å². The van der Waals surface area contributed by atoms with Crippen molar-refractivity contribution in [3.05, 3.63) is 12.2 Å². The van der Waals surface area contributed by atoms with Gasteiger partial charge in [0.25, 0.3) is 0 Å². The molecule has 92 valence electrons. The fourth-order valence-electron chi connectivity index (χ4n) is 1.75. The average Bonchev–Trinajstić information content (AvgIpc) is 2.34. The Kier molecular flexibility index (Phi) is 6.57. The quantitative estimate of drug-likeness (QED) is 0.696. The van der Waals surface area contributed by atoms with Crippen molar-refractivity contribution in [1.29, 1.82) is 0 Å². The van der Waals surface area contributed by atoms with E-state index in [4.69, 9.17) is 0 Å². The lowest BCUT2D eigenvalue weighted by Crippen LogP contribution is -2.36. The zero-order valence-electron chi connectivity index (χ0n) is 9.82. The maximum Gasteiger partial charge on any atom is 0.223 e. The molecule has 1 aliphatic carbocycles. The molecule has 0 fully saturated rings. The van der Waals surface area contributed by atoms with Gasteiger partial charge in [0.15, 0.2) is 0 Å². The molecule has 0 radical (unpaired) electrons. The van der Waals surface area contributed by atoms with E-state index in [0.717, 1.165) is 31.4 Å². The number of carbonyl (C=O) groups is 1. The van der Waals surface area contributed by atoms with Crippen LogP contribution in [0.4, 0.5) is 0 Å². The maximum absolute atomic E-state index is 11.7. The highest BCUT2D eigenvalue weighted by molar-refractivity contribution is 7.98. The summed E-state index contributed by atoms with van der Waals surface area (Å²) in [6.45, 7) is 0.388. The Morgan fingerprint density at radius 2 is 2.44 bits per heavy atom. The Morgan fingerprint density at radius 3 is 3.06 bits per heavy atom. The molecule has 0 aromatic carbocycles. The lowest BCUT2D eigenvalue weighted by Gasteiger charge is -2.18. The van der Waals surface area contributed by atoms with Crippen molar-refractivity contribution >= 4 is 17.7 Å². The summed E-state index contributed by atoms with van der Waals surface area (Å²) in [6, 6.07) is 0. The third kappa shape index (κ3) is 5.03. The third-order valence-electron chi connectivity index (χ3n) is 2.81. The van der Waals surface area contributed by atoms with E-state index in [0.29, 0.717) is 6.54 Å². The predicted molar refractivity (Wildman–Crippen MR) is 68.5 cm³/mol. The van der Waals surface area contributed by atoms with Gasteiger partial charge in [-0.25, -0.2) is 0 Å². The van der Waals surface area contributed by atoms with Crippen LogP contribution in [0, 0.1) is 5.92 Å². The molecule has 0 saturated carbocycles. The second-order valence-electron chi connectivity index (χ2n) is 4.16. The molecule has 3 nitrogen and oxygen atoms in total. The Bertz CT molecular complexity index is 243. The molecule has 1 aliphatic rings. The highest BCUT2D eigenvalue weighted by Crippen LogP contribution is 2.17. The molecular formula is C12H21NO2S. The van der Waals surface area contributed by atoms with Crippen LogP contribution in [0.3, 0.4) is 0 Å². The van der Waals surface area contributed by atoms with Crippen LogP contribution in [0.5, 0.6) is 0 Å². The molecule has 1 amide bonds. The number of hydrogen-bond acceptors (Lipinski definition) is 3. The first kappa shape index (κ1) is 13.6. The monoisotopic (exact) mass is 243 g/mol. The summed E-state index contributed by atoms with van der Waals surface area (Å²) in [5, 5.41) is 12.4. The number of amides is 1. The molecule has 0 spiro atoms. The molecule has 0 bridgehead atoms. The second-order valence-corrected chi connectivity index (χ2v) is 5.15. The van der Waals surface area contributed by atoms with Gasteiger partial charge in [0.1, 0.15) is 0 Å². The van der Waals surface area contributed by atoms with E-state index < -0.39 is 6.10 Å². The fraction of sp³-hybridized carbons (Fsp3) is 0.750. The minimum atomic E-state index is -0.407. The number of carbonyl (C=O) groups excluding carboxylic acids is 1. The van der Waals surface area contributed by atoms with Crippen LogP contribution < -0.4 is 5.32 Å². The lowest BCUT2D eigenvalue weighted by atomic mass is 9.93. The van der Waals surface area contributed by atoms with E-state index in [2.05, 4.69) is 17.5 Å². The summed E-state index contributed by atoms with van der Waals surface area (Å²) in [5.41, 5.74) is 0. The summed E-state index contributed by atoms with van der Waals surface area (Å²) in [7, 11) is 0. The van der Waals surface area contributed by atoms with Crippen LogP contribution in [-0.4, -0.2) is 35.7 Å². The van der Waals surface area contributed by atoms with Crippen LogP contribution in [0.25, 0.3) is 0 Å². The molecule has 0 aromatic heterocycles. The van der Waals surface area contributed by atoms with Crippen LogP contribution in [0.2, 0.25) is 0 Å². The third-order valence-corrected chi connectivity index (χ3v) is 3.45. The molecular weight excluding hydrogens is 222 g/mol. The first-order valence-electron chi connectivity index (χ1n) is 5.83. The van der Waals surface area contributed by atoms with E-state index in [1.54, 1.807) is 11.8 Å². The Hall–Kier alpha value is -0.480. The van der Waals surface area contributed by atoms with E-state index in [1.165, 1.54) is 0 Å². The molecule has 2 atom stereocenters. The lowest BCUT2D eigenvalue weighted by molar-refractivity contribution is -0.125. The standard InChI is InChI=1S/C12H21NO2S/c1-16-8-7-11(14)9-13-12(15)10-5-3-2-4-6-10/h2-3,10-11,14H,4-9H2,1H3,(H,13,15). The molecule has 4 heteroatoms. The summed E-state index contributed by atoms with van der Waals surface area (Å²) >= 11 is 1.71. The minimum absolute atomic E-state index is 0.0903. The summed E-state index contributed by atoms with van der Waals surface area (Å²) in [4.78, 5) is 11.7. The van der Waals surface area contributed by atoms with Crippen molar-refractivity contribution in [1.82, 2.24) is 5.32 Å². The maximum atomic E-state index is 11.7. The van der Waals surface area contributed by atoms with Crippen molar-refractivity contribution in [2.24, 2.45) is 5.92 Å². The van der Waals surface area contributed by atoms with Gasteiger partial charge < -0.3 is 10.4 Å². The first-order valence-corrected chi connectivity index (χ1v) is 7.23. The van der Waals surface area contributed by atoms with E-state index in [-0.39, 0.29) is 11.8 Å². The molecule has 16 heavy (non-hydrogen) atoms. The Labute approximate surface area is 102 Å². The van der Waals surface area contributed by atoms with Crippen molar-refractivity contribution in [2.45, 2.75) is 31.8 Å². The van der Waals surface area contributed by atoms with Crippen molar-refractivity contribution < 1.29 is 9.90 Å². The van der Waals surface area contributed by atoms with E-state index in [1.807, 2.05) is 6.26 Å². The molecule has 2 N–H and O–H groups in total. The van der Waals surface area contributed by atoms with Gasteiger partial charge in [-0.15, -0.1) is 0 Å². The smallest absolute Gasteiger partial charge is 0.223 e. The van der Waals surface area contributed by atoms with Crippen LogP contribution in [-0.2, 0) is 4.79 Å². The number of rotatable bonds is 6. The Morgan fingerprint density at radius 1 is 1.62 bits per heavy atom. The molecule has 0 aliphatic heterocycles. The predicted octanol–water partition coefficient (Wildman–Crippen LogP) is 1.57. The second kappa shape index (κ2) is 7.74. The van der Waals surface area contributed by atoms with Gasteiger partial charge in [0.05, 0.1) is 6.10 Å². The highest BCUT2D eigenvalue weighted by atomic mass is 32.2. The minimum Gasteiger partial charge on any atom is -0.391 e. The number of nitrogens with one attached hydrogen (secondary N) is 1. The molecule has 0 aromatic rings. The summed E-state index contributed by atoms with van der Waals surface area (Å²) in [5.74, 6) is 1.13. The van der Waals surface area contributed by atoms with Crippen molar-refractivity contribution in [2.75, 3.05) is 18.6 Å². The fourth-order valence-corrected chi connectivity index (χ4v) is 2.26. The van der Waals surface area contributed by atoms with Gasteiger partial charge in [-0.05, 0) is 37.7 Å². The van der Waals surface area contributed by atoms with Gasteiger partial charge in [0, 0.05) is 12.5 Å². The SMILES string of the molecule is CSCCC(O)CNC(=O)C1CC=CCC1. The van der Waals surface area contributed by atoms with Gasteiger partial charge in [-0.1, -0.05) is 12.2 Å². The summed E-state index contributed by atoms with van der Waals surface area (Å²) in [6.07, 6.45) is 9.31. The zero-order valence-corrected chi connectivity index (χ0v) is 10.6. The first-order chi connectivity index (χ1) is 7.74. The van der Waals surface area contributed by atoms with Crippen molar-refractivity contribution in [3.63, 3.8) is 0 Å². The van der Waals surface area contributed by atoms with Crippen LogP contribution >= 0.6 is 11.8 Å². The highest BCUT2D eigenvalue weighted by Gasteiger charge is 2.18. The Balaban J connectivity index is 2.16. The van der Waals surface area contributed by atoms with Crippen molar-refractivity contribution in [3.8, 4) is 0 Å². The normalized spacial score (nSPS) is 21.8. The zero-order chi connectivity index (χ0) is 11.8. The van der Waals surface area contributed by atoms with Gasteiger partial charge in [0.2, 0.25) is 5.91 Å². The molecule has 2 unspecified atom stereocenters. The largest absolute Gasteiger partial charge is 0.391 e. The molecule has 0 heterocycles. The number of thioether (sulfide) groups is 1. The van der Waals surface area contributed by atoms with Crippen LogP contribution in [0.15, 0.2) is 12.2 Å².